The van der Waals surface area contributed by atoms with Crippen molar-refractivity contribution in [3.8, 4) is 34.5 Å². The summed E-state index contributed by atoms with van der Waals surface area (Å²) in [5, 5.41) is 0. The fraction of sp³-hybridized carbons (Fsp3) is 0.393. The third-order valence-electron chi connectivity index (χ3n) is 6.61. The number of methoxy groups -OCH3 is 6. The standard InChI is InChI=1S/C28H34O7/c1-16-20(10-9-18-11-23(30-3)27(34-7)24(12-18)31-4)17(2)22(29)15-21(16)19-13-25(32-5)28(35-8)26(14-19)33-6/h9-14,16,21H,15H2,1-8H3/b10-9-/t16-,21+/m0/s1. The minimum atomic E-state index is -0.0421. The predicted molar refractivity (Wildman–Crippen MR) is 135 cm³/mol. The molecule has 1 aliphatic rings. The first-order chi connectivity index (χ1) is 16.8. The maximum atomic E-state index is 13.0. The quantitative estimate of drug-likeness (QED) is 0.470. The van der Waals surface area contributed by atoms with Crippen molar-refractivity contribution in [3.63, 3.8) is 0 Å². The molecule has 0 fully saturated rings. The lowest BCUT2D eigenvalue weighted by Gasteiger charge is -2.31. The summed E-state index contributed by atoms with van der Waals surface area (Å²) in [7, 11) is 9.49. The lowest BCUT2D eigenvalue weighted by atomic mass is 9.72. The van der Waals surface area contributed by atoms with Crippen LogP contribution in [-0.4, -0.2) is 48.4 Å². The smallest absolute Gasteiger partial charge is 0.203 e. The number of hydrogen-bond acceptors (Lipinski definition) is 7. The highest BCUT2D eigenvalue weighted by Crippen LogP contribution is 2.46. The van der Waals surface area contributed by atoms with Crippen molar-refractivity contribution in [2.24, 2.45) is 5.92 Å². The van der Waals surface area contributed by atoms with Crippen molar-refractivity contribution in [2.45, 2.75) is 26.2 Å². The molecule has 2 aromatic carbocycles. The maximum absolute atomic E-state index is 13.0. The summed E-state index contributed by atoms with van der Waals surface area (Å²) in [6, 6.07) is 7.60. The Bertz CT molecular complexity index is 1100. The van der Waals surface area contributed by atoms with E-state index in [1.807, 2.05) is 43.3 Å². The summed E-state index contributed by atoms with van der Waals surface area (Å²) in [6.07, 6.45) is 4.38. The molecule has 0 saturated carbocycles. The number of rotatable bonds is 9. The molecule has 188 valence electrons. The molecule has 3 rings (SSSR count). The van der Waals surface area contributed by atoms with E-state index < -0.39 is 0 Å². The van der Waals surface area contributed by atoms with Crippen LogP contribution in [-0.2, 0) is 4.79 Å². The molecule has 1 aliphatic carbocycles. The average molecular weight is 483 g/mol. The Hall–Kier alpha value is -3.61. The molecule has 0 spiro atoms. The third kappa shape index (κ3) is 5.09. The number of benzene rings is 2. The molecule has 0 heterocycles. The molecule has 0 saturated heterocycles. The number of allylic oxidation sites excluding steroid dienone is 3. The van der Waals surface area contributed by atoms with Crippen molar-refractivity contribution >= 4 is 11.9 Å². The molecular formula is C28H34O7. The number of carbonyl (C=O) groups excluding carboxylic acids is 1. The van der Waals surface area contributed by atoms with Crippen molar-refractivity contribution in [1.82, 2.24) is 0 Å². The first-order valence-electron chi connectivity index (χ1n) is 11.3. The highest BCUT2D eigenvalue weighted by atomic mass is 16.5. The average Bonchev–Trinajstić information content (AvgIpc) is 2.88. The zero-order chi connectivity index (χ0) is 25.7. The van der Waals surface area contributed by atoms with Crippen LogP contribution in [0.2, 0.25) is 0 Å². The van der Waals surface area contributed by atoms with Crippen LogP contribution in [0.15, 0.2) is 41.5 Å². The third-order valence-corrected chi connectivity index (χ3v) is 6.61. The monoisotopic (exact) mass is 482 g/mol. The van der Waals surface area contributed by atoms with Gasteiger partial charge >= 0.3 is 0 Å². The summed E-state index contributed by atoms with van der Waals surface area (Å²) in [4.78, 5) is 13.0. The molecule has 2 atom stereocenters. The van der Waals surface area contributed by atoms with Gasteiger partial charge in [0.1, 0.15) is 0 Å². The Balaban J connectivity index is 2.02. The van der Waals surface area contributed by atoms with Crippen LogP contribution >= 0.6 is 0 Å². The van der Waals surface area contributed by atoms with Gasteiger partial charge in [0.15, 0.2) is 28.8 Å². The second-order valence-electron chi connectivity index (χ2n) is 8.35. The van der Waals surface area contributed by atoms with E-state index in [0.717, 1.165) is 22.3 Å². The molecule has 0 aromatic heterocycles. The lowest BCUT2D eigenvalue weighted by Crippen LogP contribution is -2.24. The van der Waals surface area contributed by atoms with E-state index in [2.05, 4.69) is 6.92 Å². The van der Waals surface area contributed by atoms with Crippen LogP contribution in [0.25, 0.3) is 6.08 Å². The fourth-order valence-electron chi connectivity index (χ4n) is 4.63. The second-order valence-corrected chi connectivity index (χ2v) is 8.35. The van der Waals surface area contributed by atoms with E-state index in [-0.39, 0.29) is 17.6 Å². The molecular weight excluding hydrogens is 448 g/mol. The van der Waals surface area contributed by atoms with E-state index in [1.165, 1.54) is 0 Å². The van der Waals surface area contributed by atoms with E-state index in [0.29, 0.717) is 40.9 Å². The minimum absolute atomic E-state index is 0.0421. The Morgan fingerprint density at radius 1 is 0.714 bits per heavy atom. The van der Waals surface area contributed by atoms with Gasteiger partial charge in [-0.2, -0.15) is 0 Å². The molecule has 35 heavy (non-hydrogen) atoms. The fourth-order valence-corrected chi connectivity index (χ4v) is 4.63. The molecule has 0 unspecified atom stereocenters. The summed E-state index contributed by atoms with van der Waals surface area (Å²) in [5.74, 6) is 3.50. The highest BCUT2D eigenvalue weighted by molar-refractivity contribution is 5.98. The van der Waals surface area contributed by atoms with Crippen LogP contribution in [0.3, 0.4) is 0 Å². The number of Topliss-reactive ketones (excluding diaryl/α,β-unsaturated/α-hetero) is 1. The predicted octanol–water partition coefficient (Wildman–Crippen LogP) is 5.46. The first kappa shape index (κ1) is 26.0. The molecule has 0 radical (unpaired) electrons. The van der Waals surface area contributed by atoms with Crippen molar-refractivity contribution in [1.29, 1.82) is 0 Å². The zero-order valence-electron chi connectivity index (χ0n) is 21.7. The van der Waals surface area contributed by atoms with E-state index in [4.69, 9.17) is 28.4 Å². The molecule has 0 N–H and O–H groups in total. The van der Waals surface area contributed by atoms with Crippen LogP contribution in [0.4, 0.5) is 0 Å². The Kier molecular flexibility index (Phi) is 8.33. The molecule has 0 amide bonds. The summed E-state index contributed by atoms with van der Waals surface area (Å²) in [6.45, 7) is 4.03. The summed E-state index contributed by atoms with van der Waals surface area (Å²) >= 11 is 0. The van der Waals surface area contributed by atoms with Gasteiger partial charge in [-0.25, -0.2) is 0 Å². The van der Waals surface area contributed by atoms with Gasteiger partial charge in [0.2, 0.25) is 11.5 Å². The van der Waals surface area contributed by atoms with Crippen molar-refractivity contribution in [3.05, 3.63) is 52.6 Å². The van der Waals surface area contributed by atoms with Crippen molar-refractivity contribution in [2.75, 3.05) is 42.7 Å². The van der Waals surface area contributed by atoms with Crippen LogP contribution in [0.5, 0.6) is 34.5 Å². The Labute approximate surface area is 207 Å². The Morgan fingerprint density at radius 3 is 1.60 bits per heavy atom. The topological polar surface area (TPSA) is 72.5 Å². The van der Waals surface area contributed by atoms with E-state index >= 15 is 0 Å². The Morgan fingerprint density at radius 2 is 1.17 bits per heavy atom. The summed E-state index contributed by atoms with van der Waals surface area (Å²) < 4.78 is 32.9. The van der Waals surface area contributed by atoms with E-state index in [1.54, 1.807) is 42.7 Å². The van der Waals surface area contributed by atoms with Crippen LogP contribution in [0, 0.1) is 5.92 Å². The summed E-state index contributed by atoms with van der Waals surface area (Å²) in [5.41, 5.74) is 3.58. The zero-order valence-corrected chi connectivity index (χ0v) is 21.7. The second kappa shape index (κ2) is 11.2. The minimum Gasteiger partial charge on any atom is -0.493 e. The van der Waals surface area contributed by atoms with Gasteiger partial charge in [-0.05, 0) is 65.3 Å². The van der Waals surface area contributed by atoms with Gasteiger partial charge < -0.3 is 28.4 Å². The van der Waals surface area contributed by atoms with E-state index in [9.17, 15) is 4.79 Å². The lowest BCUT2D eigenvalue weighted by molar-refractivity contribution is -0.116. The largest absolute Gasteiger partial charge is 0.493 e. The molecule has 0 bridgehead atoms. The number of ketones is 1. The number of carbonyl (C=O) groups is 1. The van der Waals surface area contributed by atoms with Gasteiger partial charge in [-0.15, -0.1) is 0 Å². The van der Waals surface area contributed by atoms with Crippen molar-refractivity contribution < 1.29 is 33.2 Å². The number of ether oxygens (including phenoxy) is 6. The number of hydrogen-bond donors (Lipinski definition) is 0. The molecule has 0 aliphatic heterocycles. The maximum Gasteiger partial charge on any atom is 0.203 e. The van der Waals surface area contributed by atoms with Crippen LogP contribution in [0.1, 0.15) is 37.3 Å². The molecule has 7 nitrogen and oxygen atoms in total. The highest BCUT2D eigenvalue weighted by Gasteiger charge is 2.33. The van der Waals surface area contributed by atoms with Gasteiger partial charge in [-0.1, -0.05) is 19.1 Å². The first-order valence-corrected chi connectivity index (χ1v) is 11.3. The normalized spacial score (nSPS) is 18.0. The molecule has 7 heteroatoms. The van der Waals surface area contributed by atoms with Gasteiger partial charge in [0.25, 0.3) is 0 Å². The van der Waals surface area contributed by atoms with Crippen LogP contribution < -0.4 is 28.4 Å². The van der Waals surface area contributed by atoms with Gasteiger partial charge in [0, 0.05) is 6.42 Å². The van der Waals surface area contributed by atoms with Gasteiger partial charge in [0.05, 0.1) is 42.7 Å². The van der Waals surface area contributed by atoms with Gasteiger partial charge in [-0.3, -0.25) is 4.79 Å². The SMILES string of the molecule is COc1cc(/C=C\C2=C(C)C(=O)C[C@@H](c3cc(OC)c(OC)c(OC)c3)[C@H]2C)cc(OC)c1OC. The molecule has 2 aromatic rings.